The molecule has 0 bridgehead atoms. The molecule has 2 saturated heterocycles. The monoisotopic (exact) mass is 420 g/mol. The summed E-state index contributed by atoms with van der Waals surface area (Å²) >= 11 is 11.8. The van der Waals surface area contributed by atoms with Crippen LogP contribution in [0.3, 0.4) is 0 Å². The first-order valence-electron chi connectivity index (χ1n) is 9.35. The van der Waals surface area contributed by atoms with Crippen molar-refractivity contribution in [3.63, 3.8) is 0 Å². The minimum atomic E-state index is -0.448. The Morgan fingerprint density at radius 1 is 0.964 bits per heavy atom. The first-order valence-corrected chi connectivity index (χ1v) is 10.1. The molecule has 8 heteroatoms. The van der Waals surface area contributed by atoms with Crippen molar-refractivity contribution >= 4 is 34.9 Å². The van der Waals surface area contributed by atoms with Crippen molar-refractivity contribution in [2.45, 2.75) is 12.1 Å². The number of pyridine rings is 1. The van der Waals surface area contributed by atoms with Gasteiger partial charge >= 0.3 is 0 Å². The Kier molecular flexibility index (Phi) is 5.73. The second-order valence-electron chi connectivity index (χ2n) is 7.21. The van der Waals surface area contributed by atoms with Gasteiger partial charge in [0.2, 0.25) is 0 Å². The smallest absolute Gasteiger partial charge is 0.253 e. The van der Waals surface area contributed by atoms with E-state index in [0.29, 0.717) is 41.8 Å². The van der Waals surface area contributed by atoms with Gasteiger partial charge in [-0.2, -0.15) is 0 Å². The van der Waals surface area contributed by atoms with Crippen molar-refractivity contribution in [3.05, 3.63) is 58.2 Å². The van der Waals surface area contributed by atoms with Crippen LogP contribution >= 0.6 is 23.2 Å². The highest BCUT2D eigenvalue weighted by molar-refractivity contribution is 6.30. The second-order valence-corrected chi connectivity index (χ2v) is 8.08. The molecule has 2 unspecified atom stereocenters. The summed E-state index contributed by atoms with van der Waals surface area (Å²) in [6.07, 6.45) is 1.17. The summed E-state index contributed by atoms with van der Waals surface area (Å²) in [5.74, 6) is 0.845. The van der Waals surface area contributed by atoms with E-state index in [1.165, 1.54) is 0 Å². The largest absolute Gasteiger partial charge is 0.390 e. The lowest BCUT2D eigenvalue weighted by molar-refractivity contribution is 0.0376. The van der Waals surface area contributed by atoms with Crippen LogP contribution in [0.25, 0.3) is 0 Å². The van der Waals surface area contributed by atoms with Gasteiger partial charge in [0.25, 0.3) is 5.91 Å². The predicted octanol–water partition coefficient (Wildman–Crippen LogP) is 2.40. The number of amides is 1. The highest BCUT2D eigenvalue weighted by Gasteiger charge is 2.37. The van der Waals surface area contributed by atoms with Gasteiger partial charge in [-0.1, -0.05) is 23.2 Å². The van der Waals surface area contributed by atoms with Crippen molar-refractivity contribution in [1.82, 2.24) is 14.8 Å². The number of aromatic nitrogens is 1. The van der Waals surface area contributed by atoms with Crippen LogP contribution in [0.15, 0.2) is 42.6 Å². The lowest BCUT2D eigenvalue weighted by atomic mass is 10.1. The molecule has 6 nitrogen and oxygen atoms in total. The number of aliphatic hydroxyl groups is 1. The Labute approximate surface area is 174 Å². The Bertz CT molecular complexity index is 823. The molecule has 0 saturated carbocycles. The fraction of sp³-hybridized carbons (Fsp3) is 0.400. The van der Waals surface area contributed by atoms with Gasteiger partial charge in [0.05, 0.1) is 17.2 Å². The molecule has 2 atom stereocenters. The van der Waals surface area contributed by atoms with E-state index in [2.05, 4.69) is 14.8 Å². The van der Waals surface area contributed by atoms with Crippen LogP contribution in [-0.4, -0.2) is 77.2 Å². The number of piperazine rings is 1. The molecule has 1 aromatic heterocycles. The van der Waals surface area contributed by atoms with E-state index in [0.717, 1.165) is 18.9 Å². The summed E-state index contributed by atoms with van der Waals surface area (Å²) in [5.41, 5.74) is 0.652. The van der Waals surface area contributed by atoms with Crippen LogP contribution in [0, 0.1) is 0 Å². The minimum Gasteiger partial charge on any atom is -0.390 e. The number of carbonyl (C=O) groups excluding carboxylic acids is 1. The molecule has 2 aliphatic rings. The summed E-state index contributed by atoms with van der Waals surface area (Å²) in [5, 5.41) is 11.8. The number of nitrogens with zero attached hydrogens (tertiary/aromatic N) is 4. The molecule has 148 valence electrons. The molecule has 4 rings (SSSR count). The molecule has 3 heterocycles. The third-order valence-electron chi connectivity index (χ3n) is 5.46. The first-order chi connectivity index (χ1) is 13.5. The summed E-state index contributed by atoms with van der Waals surface area (Å²) in [7, 11) is 0. The SMILES string of the molecule is O=C(c1ccc(Cl)cc1)N1CCN(C2CN(c3ccc(Cl)cn3)CC2O)CC1. The van der Waals surface area contributed by atoms with E-state index in [1.807, 2.05) is 17.0 Å². The summed E-state index contributed by atoms with van der Waals surface area (Å²) in [4.78, 5) is 23.2. The molecule has 0 aliphatic carbocycles. The third kappa shape index (κ3) is 4.10. The molecule has 1 N–H and O–H groups in total. The third-order valence-corrected chi connectivity index (χ3v) is 5.93. The number of β-amino-alcohol motifs (C(OH)–C–C–N with tert-alkyl or cyclic N) is 1. The van der Waals surface area contributed by atoms with Crippen LogP contribution in [0.2, 0.25) is 10.0 Å². The zero-order chi connectivity index (χ0) is 19.7. The van der Waals surface area contributed by atoms with Crippen molar-refractivity contribution < 1.29 is 9.90 Å². The maximum absolute atomic E-state index is 12.7. The topological polar surface area (TPSA) is 59.9 Å². The van der Waals surface area contributed by atoms with E-state index in [9.17, 15) is 9.90 Å². The van der Waals surface area contributed by atoms with Gasteiger partial charge in [0, 0.05) is 56.1 Å². The van der Waals surface area contributed by atoms with E-state index >= 15 is 0 Å². The van der Waals surface area contributed by atoms with Gasteiger partial charge in [-0.05, 0) is 36.4 Å². The molecule has 0 radical (unpaired) electrons. The van der Waals surface area contributed by atoms with Crippen LogP contribution < -0.4 is 4.90 Å². The number of carbonyl (C=O) groups is 1. The Hall–Kier alpha value is -1.86. The van der Waals surface area contributed by atoms with Gasteiger partial charge in [-0.25, -0.2) is 4.98 Å². The molecule has 28 heavy (non-hydrogen) atoms. The summed E-state index contributed by atoms with van der Waals surface area (Å²) in [6, 6.07) is 10.7. The maximum atomic E-state index is 12.7. The number of hydrogen-bond donors (Lipinski definition) is 1. The number of benzene rings is 1. The number of hydrogen-bond acceptors (Lipinski definition) is 5. The van der Waals surface area contributed by atoms with Crippen LogP contribution in [0.1, 0.15) is 10.4 Å². The van der Waals surface area contributed by atoms with Crippen molar-refractivity contribution in [3.8, 4) is 0 Å². The van der Waals surface area contributed by atoms with Crippen LogP contribution in [0.4, 0.5) is 5.82 Å². The fourth-order valence-corrected chi connectivity index (χ4v) is 4.14. The maximum Gasteiger partial charge on any atom is 0.253 e. The van der Waals surface area contributed by atoms with Gasteiger partial charge in [-0.3, -0.25) is 9.69 Å². The quantitative estimate of drug-likeness (QED) is 0.825. The number of rotatable bonds is 3. The molecular weight excluding hydrogens is 399 g/mol. The van der Waals surface area contributed by atoms with E-state index < -0.39 is 6.10 Å². The Morgan fingerprint density at radius 3 is 2.29 bits per heavy atom. The van der Waals surface area contributed by atoms with Crippen LogP contribution in [-0.2, 0) is 0 Å². The van der Waals surface area contributed by atoms with E-state index in [1.54, 1.807) is 30.5 Å². The second kappa shape index (κ2) is 8.25. The molecule has 2 aliphatic heterocycles. The van der Waals surface area contributed by atoms with E-state index in [-0.39, 0.29) is 11.9 Å². The van der Waals surface area contributed by atoms with Crippen molar-refractivity contribution in [2.24, 2.45) is 0 Å². The fourth-order valence-electron chi connectivity index (χ4n) is 3.90. The predicted molar refractivity (Wildman–Crippen MR) is 110 cm³/mol. The molecule has 2 aromatic rings. The molecular formula is C20H22Cl2N4O2. The first kappa shape index (κ1) is 19.5. The molecule has 1 aromatic carbocycles. The zero-order valence-corrected chi connectivity index (χ0v) is 16.9. The average molecular weight is 421 g/mol. The molecule has 2 fully saturated rings. The van der Waals surface area contributed by atoms with Gasteiger partial charge in [0.1, 0.15) is 5.82 Å². The number of halogens is 2. The number of anilines is 1. The van der Waals surface area contributed by atoms with Crippen molar-refractivity contribution in [1.29, 1.82) is 0 Å². The number of aliphatic hydroxyl groups excluding tert-OH is 1. The average Bonchev–Trinajstić information content (AvgIpc) is 3.10. The van der Waals surface area contributed by atoms with Gasteiger partial charge in [0.15, 0.2) is 0 Å². The van der Waals surface area contributed by atoms with Gasteiger partial charge in [-0.15, -0.1) is 0 Å². The Morgan fingerprint density at radius 2 is 1.64 bits per heavy atom. The Balaban J connectivity index is 1.35. The standard InChI is InChI=1S/C20H22Cl2N4O2/c21-15-3-1-14(2-4-15)20(28)25-9-7-24(8-10-25)17-12-26(13-18(17)27)19-6-5-16(22)11-23-19/h1-6,11,17-18,27H,7-10,12-13H2. The lowest BCUT2D eigenvalue weighted by Gasteiger charge is -2.38. The molecule has 1 amide bonds. The highest BCUT2D eigenvalue weighted by Crippen LogP contribution is 2.24. The normalized spacial score (nSPS) is 23.2. The molecule has 0 spiro atoms. The summed E-state index contributed by atoms with van der Waals surface area (Å²) < 4.78 is 0. The highest BCUT2D eigenvalue weighted by atomic mass is 35.5. The van der Waals surface area contributed by atoms with Gasteiger partial charge < -0.3 is 14.9 Å². The minimum absolute atomic E-state index is 0.0234. The zero-order valence-electron chi connectivity index (χ0n) is 15.3. The summed E-state index contributed by atoms with van der Waals surface area (Å²) in [6.45, 7) is 4.02. The van der Waals surface area contributed by atoms with Crippen LogP contribution in [0.5, 0.6) is 0 Å². The lowest BCUT2D eigenvalue weighted by Crippen LogP contribution is -2.54. The van der Waals surface area contributed by atoms with E-state index in [4.69, 9.17) is 23.2 Å². The van der Waals surface area contributed by atoms with Crippen molar-refractivity contribution in [2.75, 3.05) is 44.2 Å².